The van der Waals surface area contributed by atoms with Crippen LogP contribution in [0.3, 0.4) is 0 Å². The lowest BCUT2D eigenvalue weighted by Crippen LogP contribution is -2.33. The Bertz CT molecular complexity index is 937. The molecule has 5 nitrogen and oxygen atoms in total. The minimum Gasteiger partial charge on any atom is -0.365 e. The molecule has 0 radical (unpaired) electrons. The number of hydrogen-bond acceptors (Lipinski definition) is 4. The second-order valence-corrected chi connectivity index (χ2v) is 8.00. The molecule has 140 valence electrons. The molecule has 0 unspecified atom stereocenters. The molecule has 0 bridgehead atoms. The zero-order valence-electron chi connectivity index (χ0n) is 14.4. The Labute approximate surface area is 171 Å². The van der Waals surface area contributed by atoms with Crippen molar-refractivity contribution < 1.29 is 9.59 Å². The van der Waals surface area contributed by atoms with Crippen LogP contribution < -0.4 is 16.4 Å². The Morgan fingerprint density at radius 2 is 1.96 bits per heavy atom. The van der Waals surface area contributed by atoms with Gasteiger partial charge in [-0.25, -0.2) is 0 Å². The van der Waals surface area contributed by atoms with Gasteiger partial charge in [-0.3, -0.25) is 14.9 Å². The average molecular weight is 420 g/mol. The lowest BCUT2D eigenvalue weighted by Gasteiger charge is -2.11. The highest BCUT2D eigenvalue weighted by molar-refractivity contribution is 7.80. The Morgan fingerprint density at radius 1 is 1.22 bits per heavy atom. The van der Waals surface area contributed by atoms with Crippen molar-refractivity contribution in [3.05, 3.63) is 56.9 Å². The highest BCUT2D eigenvalue weighted by Crippen LogP contribution is 2.37. The first kappa shape index (κ1) is 19.5. The van der Waals surface area contributed by atoms with E-state index in [4.69, 9.17) is 29.6 Å². The zero-order valence-corrected chi connectivity index (χ0v) is 16.8. The smallest absolute Gasteiger partial charge is 0.251 e. The van der Waals surface area contributed by atoms with Crippen LogP contribution in [0.2, 0.25) is 5.02 Å². The number of benzene rings is 1. The van der Waals surface area contributed by atoms with Crippen LogP contribution in [0.4, 0.5) is 5.00 Å². The summed E-state index contributed by atoms with van der Waals surface area (Å²) in [6, 6.07) is 7.20. The van der Waals surface area contributed by atoms with E-state index in [1.54, 1.807) is 18.2 Å². The van der Waals surface area contributed by atoms with Gasteiger partial charge in [0.25, 0.3) is 5.91 Å². The van der Waals surface area contributed by atoms with Crippen LogP contribution in [0, 0.1) is 0 Å². The molecule has 8 heteroatoms. The third-order valence-electron chi connectivity index (χ3n) is 4.20. The second-order valence-electron chi connectivity index (χ2n) is 6.08. The van der Waals surface area contributed by atoms with E-state index >= 15 is 0 Å². The number of aryl methyl sites for hydroxylation is 1. The summed E-state index contributed by atoms with van der Waals surface area (Å²) >= 11 is 12.7. The first-order valence-corrected chi connectivity index (χ1v) is 10.0. The number of nitrogens with one attached hydrogen (secondary N) is 2. The molecule has 1 aromatic carbocycles. The minimum atomic E-state index is -0.482. The highest BCUT2D eigenvalue weighted by atomic mass is 35.5. The summed E-state index contributed by atoms with van der Waals surface area (Å²) in [5.41, 5.74) is 7.78. The molecule has 0 spiro atoms. The molecule has 2 amide bonds. The summed E-state index contributed by atoms with van der Waals surface area (Å²) in [7, 11) is 0. The van der Waals surface area contributed by atoms with Crippen molar-refractivity contribution >= 4 is 63.2 Å². The van der Waals surface area contributed by atoms with Crippen LogP contribution in [0.1, 0.15) is 39.2 Å². The van der Waals surface area contributed by atoms with E-state index in [2.05, 4.69) is 10.6 Å². The predicted octanol–water partition coefficient (Wildman–Crippen LogP) is 3.91. The van der Waals surface area contributed by atoms with Crippen molar-refractivity contribution in [2.75, 3.05) is 5.32 Å². The molecular formula is C19H18ClN3O2S2. The molecule has 0 saturated carbocycles. The number of thiophene rings is 1. The van der Waals surface area contributed by atoms with Gasteiger partial charge in [0.2, 0.25) is 5.91 Å². The summed E-state index contributed by atoms with van der Waals surface area (Å²) in [4.78, 5) is 25.1. The summed E-state index contributed by atoms with van der Waals surface area (Å²) in [6.07, 6.45) is 6.87. The first-order valence-electron chi connectivity index (χ1n) is 8.44. The van der Waals surface area contributed by atoms with Crippen LogP contribution in [0.25, 0.3) is 6.08 Å². The maximum Gasteiger partial charge on any atom is 0.251 e. The van der Waals surface area contributed by atoms with Crippen molar-refractivity contribution in [2.24, 2.45) is 5.73 Å². The van der Waals surface area contributed by atoms with Crippen LogP contribution in [-0.4, -0.2) is 16.9 Å². The Morgan fingerprint density at radius 3 is 2.70 bits per heavy atom. The summed E-state index contributed by atoms with van der Waals surface area (Å²) < 4.78 is 0. The quantitative estimate of drug-likeness (QED) is 0.518. The summed E-state index contributed by atoms with van der Waals surface area (Å²) in [5, 5.41) is 6.78. The lowest BCUT2D eigenvalue weighted by molar-refractivity contribution is -0.115. The van der Waals surface area contributed by atoms with Gasteiger partial charge in [-0.1, -0.05) is 29.8 Å². The van der Waals surface area contributed by atoms with Crippen LogP contribution >= 0.6 is 35.2 Å². The molecule has 1 heterocycles. The zero-order chi connectivity index (χ0) is 19.4. The number of rotatable bonds is 4. The summed E-state index contributed by atoms with van der Waals surface area (Å²) in [5.74, 6) is -0.876. The molecule has 3 rings (SSSR count). The van der Waals surface area contributed by atoms with Crippen molar-refractivity contribution in [1.29, 1.82) is 0 Å². The van der Waals surface area contributed by atoms with Gasteiger partial charge in [-0.05, 0) is 61.2 Å². The van der Waals surface area contributed by atoms with Gasteiger partial charge in [0.05, 0.1) is 5.56 Å². The van der Waals surface area contributed by atoms with Crippen LogP contribution in [-0.2, 0) is 17.6 Å². The monoisotopic (exact) mass is 419 g/mol. The van der Waals surface area contributed by atoms with Crippen LogP contribution in [0.5, 0.6) is 0 Å². The van der Waals surface area contributed by atoms with Gasteiger partial charge in [-0.2, -0.15) is 0 Å². The van der Waals surface area contributed by atoms with Crippen molar-refractivity contribution in [3.8, 4) is 0 Å². The second kappa shape index (κ2) is 8.65. The van der Waals surface area contributed by atoms with Gasteiger partial charge >= 0.3 is 0 Å². The molecule has 1 aliphatic carbocycles. The topological polar surface area (TPSA) is 84.2 Å². The number of halogens is 1. The normalized spacial score (nSPS) is 13.2. The van der Waals surface area contributed by atoms with E-state index in [-0.39, 0.29) is 5.11 Å². The van der Waals surface area contributed by atoms with Gasteiger partial charge in [0, 0.05) is 16.0 Å². The molecule has 1 aliphatic rings. The van der Waals surface area contributed by atoms with Gasteiger partial charge in [0.1, 0.15) is 5.00 Å². The Balaban J connectivity index is 1.67. The molecule has 2 aromatic rings. The maximum absolute atomic E-state index is 12.1. The van der Waals surface area contributed by atoms with Crippen LogP contribution in [0.15, 0.2) is 30.3 Å². The maximum atomic E-state index is 12.1. The third-order valence-corrected chi connectivity index (χ3v) is 5.96. The first-order chi connectivity index (χ1) is 13.0. The fourth-order valence-corrected chi connectivity index (χ4v) is 4.74. The standard InChI is InChI=1S/C19H18ClN3O2S2/c20-13-7-3-1-5-11(13)9-10-15(24)22-19(26)23-18-16(17(21)25)12-6-2-4-8-14(12)27-18/h1,3,5,7,9-10H,2,4,6,8H2,(H2,21,25)(H2,22,23,24,26)/b10-9+. The number of nitrogens with two attached hydrogens (primary N) is 1. The molecule has 27 heavy (non-hydrogen) atoms. The molecule has 0 saturated heterocycles. The number of carbonyl (C=O) groups excluding carboxylic acids is 2. The lowest BCUT2D eigenvalue weighted by atomic mass is 9.95. The van der Waals surface area contributed by atoms with E-state index in [1.807, 2.05) is 12.1 Å². The van der Waals surface area contributed by atoms with Gasteiger partial charge in [0.15, 0.2) is 5.11 Å². The third kappa shape index (κ3) is 4.74. The number of primary amides is 1. The Hall–Kier alpha value is -2.22. The predicted molar refractivity (Wildman–Crippen MR) is 114 cm³/mol. The Kier molecular flexibility index (Phi) is 6.26. The molecular weight excluding hydrogens is 402 g/mol. The summed E-state index contributed by atoms with van der Waals surface area (Å²) in [6.45, 7) is 0. The number of thiocarbonyl (C=S) groups is 1. The van der Waals surface area contributed by atoms with E-state index < -0.39 is 11.8 Å². The van der Waals surface area contributed by atoms with E-state index in [9.17, 15) is 9.59 Å². The number of hydrogen-bond donors (Lipinski definition) is 3. The number of fused-ring (bicyclic) bond motifs is 1. The minimum absolute atomic E-state index is 0.116. The molecule has 0 fully saturated rings. The molecule has 0 atom stereocenters. The molecule has 1 aromatic heterocycles. The molecule has 4 N–H and O–H groups in total. The fourth-order valence-electron chi connectivity index (χ4n) is 2.98. The fraction of sp³-hybridized carbons (Fsp3) is 0.211. The van der Waals surface area contributed by atoms with Crippen molar-refractivity contribution in [1.82, 2.24) is 5.32 Å². The average Bonchev–Trinajstić information content (AvgIpc) is 2.98. The number of anilines is 1. The number of amides is 2. The van der Waals surface area contributed by atoms with E-state index in [1.165, 1.54) is 17.4 Å². The largest absolute Gasteiger partial charge is 0.365 e. The van der Waals surface area contributed by atoms with E-state index in [0.29, 0.717) is 15.6 Å². The number of carbonyl (C=O) groups is 2. The van der Waals surface area contributed by atoms with Crippen molar-refractivity contribution in [3.63, 3.8) is 0 Å². The highest BCUT2D eigenvalue weighted by Gasteiger charge is 2.24. The SMILES string of the molecule is NC(=O)c1c(NC(=S)NC(=O)/C=C/c2ccccc2Cl)sc2c1CCCC2. The van der Waals surface area contributed by atoms with Gasteiger partial charge in [-0.15, -0.1) is 11.3 Å². The van der Waals surface area contributed by atoms with Gasteiger partial charge < -0.3 is 11.1 Å². The molecule has 0 aliphatic heterocycles. The van der Waals surface area contributed by atoms with E-state index in [0.717, 1.165) is 41.7 Å². The van der Waals surface area contributed by atoms with Crippen molar-refractivity contribution in [2.45, 2.75) is 25.7 Å².